The highest BCUT2D eigenvalue weighted by atomic mass is 16.2. The Balaban J connectivity index is 1.44. The lowest BCUT2D eigenvalue weighted by atomic mass is 10.2. The predicted molar refractivity (Wildman–Crippen MR) is 109 cm³/mol. The van der Waals surface area contributed by atoms with Gasteiger partial charge < -0.3 is 21.3 Å². The molecular weight excluding hydrogens is 370 g/mol. The molecule has 1 amide bonds. The number of nitrogens with one attached hydrogen (secondary N) is 3. The van der Waals surface area contributed by atoms with Gasteiger partial charge in [0, 0.05) is 43.5 Å². The molecule has 152 valence electrons. The topological polar surface area (TPSA) is 129 Å². The summed E-state index contributed by atoms with van der Waals surface area (Å²) in [7, 11) is 0. The van der Waals surface area contributed by atoms with Gasteiger partial charge in [-0.05, 0) is 37.8 Å². The molecule has 0 bridgehead atoms. The van der Waals surface area contributed by atoms with Crippen LogP contribution in [0.5, 0.6) is 0 Å². The van der Waals surface area contributed by atoms with Crippen LogP contribution in [0.4, 0.5) is 17.6 Å². The molecule has 1 saturated heterocycles. The Labute approximate surface area is 167 Å². The van der Waals surface area contributed by atoms with Crippen LogP contribution >= 0.6 is 0 Å². The maximum atomic E-state index is 12.5. The average Bonchev–Trinajstić information content (AvgIpc) is 3.14. The lowest BCUT2D eigenvalue weighted by Gasteiger charge is -2.24. The molecule has 0 spiro atoms. The van der Waals surface area contributed by atoms with E-state index in [1.165, 1.54) is 12.8 Å². The molecule has 2 fully saturated rings. The molecule has 4 heterocycles. The monoisotopic (exact) mass is 395 g/mol. The Hall–Kier alpha value is -3.14. The lowest BCUT2D eigenvalue weighted by molar-refractivity contribution is -0.122. The van der Waals surface area contributed by atoms with E-state index in [4.69, 9.17) is 10.7 Å². The van der Waals surface area contributed by atoms with E-state index in [1.807, 2.05) is 29.3 Å². The Morgan fingerprint density at radius 1 is 1.34 bits per heavy atom. The maximum absolute atomic E-state index is 12.5. The smallest absolute Gasteiger partial charge is 0.246 e. The second-order valence-corrected chi connectivity index (χ2v) is 7.64. The van der Waals surface area contributed by atoms with E-state index in [1.54, 1.807) is 4.52 Å². The van der Waals surface area contributed by atoms with E-state index in [2.05, 4.69) is 25.9 Å². The first-order valence-corrected chi connectivity index (χ1v) is 10.1. The van der Waals surface area contributed by atoms with E-state index in [0.29, 0.717) is 30.8 Å². The van der Waals surface area contributed by atoms with E-state index in [0.717, 1.165) is 36.4 Å². The van der Waals surface area contributed by atoms with E-state index in [-0.39, 0.29) is 11.9 Å². The van der Waals surface area contributed by atoms with Crippen LogP contribution in [0, 0.1) is 0 Å². The molecule has 1 atom stereocenters. The largest absolute Gasteiger partial charge is 0.353 e. The van der Waals surface area contributed by atoms with Crippen molar-refractivity contribution < 1.29 is 4.79 Å². The molecule has 3 aromatic heterocycles. The number of hydrogen-bond acceptors (Lipinski definition) is 7. The highest BCUT2D eigenvalue weighted by Gasteiger charge is 2.33. The van der Waals surface area contributed by atoms with E-state index < -0.39 is 0 Å². The number of carbonyl (C=O) groups is 1. The minimum Gasteiger partial charge on any atom is -0.353 e. The molecule has 5 rings (SSSR count). The molecule has 10 nitrogen and oxygen atoms in total. The zero-order valence-corrected chi connectivity index (χ0v) is 16.1. The second-order valence-electron chi connectivity index (χ2n) is 7.64. The fourth-order valence-electron chi connectivity index (χ4n) is 3.85. The van der Waals surface area contributed by atoms with Gasteiger partial charge in [0.15, 0.2) is 11.6 Å². The van der Waals surface area contributed by atoms with Crippen molar-refractivity contribution in [2.75, 3.05) is 29.9 Å². The summed E-state index contributed by atoms with van der Waals surface area (Å²) in [6, 6.07) is 5.64. The quantitative estimate of drug-likeness (QED) is 0.472. The van der Waals surface area contributed by atoms with Gasteiger partial charge in [0.2, 0.25) is 11.9 Å². The van der Waals surface area contributed by atoms with E-state index in [9.17, 15) is 4.79 Å². The molecule has 0 unspecified atom stereocenters. The molecule has 0 aromatic carbocycles. The third-order valence-corrected chi connectivity index (χ3v) is 5.50. The van der Waals surface area contributed by atoms with Crippen molar-refractivity contribution in [1.29, 1.82) is 0 Å². The number of carbonyl (C=O) groups excluding carboxylic acids is 1. The minimum atomic E-state index is -0.283. The van der Waals surface area contributed by atoms with Crippen LogP contribution in [0.1, 0.15) is 37.3 Å². The molecule has 1 aliphatic heterocycles. The number of aromatic nitrogens is 5. The van der Waals surface area contributed by atoms with Crippen LogP contribution in [0.2, 0.25) is 0 Å². The van der Waals surface area contributed by atoms with Crippen LogP contribution in [-0.2, 0) is 4.79 Å². The summed E-state index contributed by atoms with van der Waals surface area (Å²) in [5, 5.41) is 18.3. The van der Waals surface area contributed by atoms with Crippen LogP contribution in [0.3, 0.4) is 0 Å². The van der Waals surface area contributed by atoms with Gasteiger partial charge in [0.1, 0.15) is 11.6 Å². The second kappa shape index (κ2) is 7.36. The van der Waals surface area contributed by atoms with Gasteiger partial charge >= 0.3 is 0 Å². The number of H-pyrrole nitrogens is 1. The van der Waals surface area contributed by atoms with Crippen LogP contribution < -0.4 is 21.3 Å². The molecule has 3 aromatic rings. The molecule has 1 aliphatic carbocycles. The summed E-state index contributed by atoms with van der Waals surface area (Å²) in [6.45, 7) is 1.63. The van der Waals surface area contributed by atoms with Crippen LogP contribution in [0.25, 0.3) is 5.52 Å². The lowest BCUT2D eigenvalue weighted by Crippen LogP contribution is -2.45. The minimum absolute atomic E-state index is 0.0277. The average molecular weight is 395 g/mol. The first kappa shape index (κ1) is 17.9. The summed E-state index contributed by atoms with van der Waals surface area (Å²) in [4.78, 5) is 19.3. The number of nitrogens with zero attached hydrogens (tertiary/aromatic N) is 5. The third kappa shape index (κ3) is 3.51. The number of aromatic amines is 1. The van der Waals surface area contributed by atoms with Crippen LogP contribution in [0.15, 0.2) is 24.4 Å². The molecular formula is C19H25N9O. The van der Waals surface area contributed by atoms with Gasteiger partial charge in [-0.2, -0.15) is 10.1 Å². The van der Waals surface area contributed by atoms with Crippen molar-refractivity contribution in [3.63, 3.8) is 0 Å². The highest BCUT2D eigenvalue weighted by Crippen LogP contribution is 2.39. The van der Waals surface area contributed by atoms with Crippen molar-refractivity contribution in [3.05, 3.63) is 30.1 Å². The van der Waals surface area contributed by atoms with Gasteiger partial charge in [-0.25, -0.2) is 4.52 Å². The fourth-order valence-corrected chi connectivity index (χ4v) is 3.85. The Bertz CT molecular complexity index is 1020. The number of fused-ring (bicyclic) bond motifs is 1. The molecule has 10 heteroatoms. The Morgan fingerprint density at radius 3 is 3.07 bits per heavy atom. The van der Waals surface area contributed by atoms with Crippen molar-refractivity contribution >= 4 is 29.0 Å². The zero-order chi connectivity index (χ0) is 19.8. The number of rotatable bonds is 7. The van der Waals surface area contributed by atoms with Crippen molar-refractivity contribution in [3.8, 4) is 0 Å². The normalized spacial score (nSPS) is 19.1. The third-order valence-electron chi connectivity index (χ3n) is 5.50. The van der Waals surface area contributed by atoms with Gasteiger partial charge in [-0.1, -0.05) is 0 Å². The molecule has 2 aliphatic rings. The number of nitrogens with two attached hydrogens (primary N) is 1. The standard InChI is InChI=1S/C19H25N9O/c20-7-8-21-18(29)15-4-1-9-27(15)19-23-17(14-3-2-10-28(14)26-19)22-16-11-13(24-25-16)12-5-6-12/h2-3,10-12,15H,1,4-9,20H2,(H,21,29)(H2,22,23,24,25,26)/t15-/m0/s1. The molecule has 0 radical (unpaired) electrons. The highest BCUT2D eigenvalue weighted by molar-refractivity contribution is 5.85. The summed E-state index contributed by atoms with van der Waals surface area (Å²) in [5.41, 5.74) is 7.53. The Morgan fingerprint density at radius 2 is 2.24 bits per heavy atom. The van der Waals surface area contributed by atoms with Gasteiger partial charge in [-0.15, -0.1) is 5.10 Å². The first-order chi connectivity index (χ1) is 14.2. The number of hydrogen-bond donors (Lipinski definition) is 4. The van der Waals surface area contributed by atoms with Gasteiger partial charge in [-0.3, -0.25) is 9.89 Å². The molecule has 1 saturated carbocycles. The van der Waals surface area contributed by atoms with Crippen molar-refractivity contribution in [2.45, 2.75) is 37.6 Å². The summed E-state index contributed by atoms with van der Waals surface area (Å²) in [5.74, 6) is 2.50. The Kier molecular flexibility index (Phi) is 4.55. The fraction of sp³-hybridized carbons (Fsp3) is 0.474. The maximum Gasteiger partial charge on any atom is 0.246 e. The van der Waals surface area contributed by atoms with Crippen molar-refractivity contribution in [1.82, 2.24) is 30.1 Å². The van der Waals surface area contributed by atoms with Gasteiger partial charge in [0.05, 0.1) is 0 Å². The molecule has 5 N–H and O–H groups in total. The van der Waals surface area contributed by atoms with Gasteiger partial charge in [0.25, 0.3) is 0 Å². The summed E-state index contributed by atoms with van der Waals surface area (Å²) in [6.07, 6.45) is 6.00. The predicted octanol–water partition coefficient (Wildman–Crippen LogP) is 1.12. The summed E-state index contributed by atoms with van der Waals surface area (Å²) >= 11 is 0. The molecule has 29 heavy (non-hydrogen) atoms. The first-order valence-electron chi connectivity index (χ1n) is 10.1. The zero-order valence-electron chi connectivity index (χ0n) is 16.1. The van der Waals surface area contributed by atoms with E-state index >= 15 is 0 Å². The summed E-state index contributed by atoms with van der Waals surface area (Å²) < 4.78 is 1.78. The number of amides is 1. The SMILES string of the molecule is NCCNC(=O)[C@@H]1CCCN1c1nc(Nc2cc(C3CC3)[nH]n2)c2cccn2n1. The van der Waals surface area contributed by atoms with Crippen LogP contribution in [-0.4, -0.2) is 56.4 Å². The number of anilines is 3. The van der Waals surface area contributed by atoms with Crippen molar-refractivity contribution in [2.24, 2.45) is 5.73 Å².